The normalized spacial score (nSPS) is 17.7. The van der Waals surface area contributed by atoms with Crippen molar-refractivity contribution >= 4 is 46.3 Å². The summed E-state index contributed by atoms with van der Waals surface area (Å²) in [5.74, 6) is -1.24. The van der Waals surface area contributed by atoms with Crippen LogP contribution in [-0.4, -0.2) is 44.0 Å². The molecule has 1 amide bonds. The Morgan fingerprint density at radius 3 is 2.83 bits per heavy atom. The molecule has 1 saturated heterocycles. The highest BCUT2D eigenvalue weighted by Gasteiger charge is 2.38. The summed E-state index contributed by atoms with van der Waals surface area (Å²) in [6, 6.07) is 3.68. The molecule has 122 valence electrons. The van der Waals surface area contributed by atoms with Gasteiger partial charge in [-0.05, 0) is 37.6 Å². The average Bonchev–Trinajstić information content (AvgIpc) is 2.76. The molecule has 0 saturated carbocycles. The zero-order chi connectivity index (χ0) is 17.1. The number of thioether (sulfide) groups is 1. The number of phenolic OH excluding ortho intramolecular Hbond substituents is 1. The van der Waals surface area contributed by atoms with Gasteiger partial charge in [-0.25, -0.2) is 4.79 Å². The van der Waals surface area contributed by atoms with Crippen molar-refractivity contribution in [2.24, 2.45) is 0 Å². The summed E-state index contributed by atoms with van der Waals surface area (Å²) in [5, 5.41) is 18.7. The Hall–Kier alpha value is -2.06. The van der Waals surface area contributed by atoms with Gasteiger partial charge >= 0.3 is 5.97 Å². The molecular formula is C15H15NO5S2. The first-order chi connectivity index (χ1) is 10.8. The second kappa shape index (κ2) is 7.01. The standard InChI is InChI=1S/C15H15NO5S2/c1-3-21-11-6-9(4-5-10(11)17)7-12-13(18)16(15(22)23-12)8(2)14(19)20/h4-8,17H,3H2,1-2H3,(H,19,20). The summed E-state index contributed by atoms with van der Waals surface area (Å²) >= 11 is 6.14. The van der Waals surface area contributed by atoms with Gasteiger partial charge in [0.05, 0.1) is 11.5 Å². The minimum Gasteiger partial charge on any atom is -0.504 e. The van der Waals surface area contributed by atoms with Crippen molar-refractivity contribution < 1.29 is 24.5 Å². The summed E-state index contributed by atoms with van der Waals surface area (Å²) in [6.45, 7) is 3.60. The van der Waals surface area contributed by atoms with Crippen LogP contribution in [0.25, 0.3) is 6.08 Å². The molecule has 0 aliphatic carbocycles. The van der Waals surface area contributed by atoms with Crippen LogP contribution in [0.2, 0.25) is 0 Å². The largest absolute Gasteiger partial charge is 0.504 e. The molecular weight excluding hydrogens is 338 g/mol. The number of carbonyl (C=O) groups is 2. The number of aliphatic carboxylic acids is 1. The molecule has 8 heteroatoms. The molecule has 0 spiro atoms. The Morgan fingerprint density at radius 2 is 2.22 bits per heavy atom. The lowest BCUT2D eigenvalue weighted by atomic mass is 10.2. The van der Waals surface area contributed by atoms with E-state index in [-0.39, 0.29) is 10.1 Å². The van der Waals surface area contributed by atoms with Gasteiger partial charge in [0.25, 0.3) is 5.91 Å². The van der Waals surface area contributed by atoms with E-state index in [2.05, 4.69) is 0 Å². The molecule has 1 unspecified atom stereocenters. The molecule has 1 aromatic rings. The highest BCUT2D eigenvalue weighted by atomic mass is 32.2. The molecule has 0 aromatic heterocycles. The zero-order valence-corrected chi connectivity index (χ0v) is 14.1. The lowest BCUT2D eigenvalue weighted by Crippen LogP contribution is -2.41. The monoisotopic (exact) mass is 353 g/mol. The molecule has 1 atom stereocenters. The van der Waals surface area contributed by atoms with Gasteiger partial charge in [0, 0.05) is 0 Å². The number of amides is 1. The minimum atomic E-state index is -1.12. The van der Waals surface area contributed by atoms with Crippen LogP contribution < -0.4 is 4.74 Å². The van der Waals surface area contributed by atoms with Crippen molar-refractivity contribution in [3.05, 3.63) is 28.7 Å². The van der Waals surface area contributed by atoms with Crippen LogP contribution in [-0.2, 0) is 9.59 Å². The number of carboxylic acids is 1. The second-order valence-electron chi connectivity index (χ2n) is 4.73. The van der Waals surface area contributed by atoms with E-state index in [9.17, 15) is 14.7 Å². The van der Waals surface area contributed by atoms with E-state index in [1.54, 1.807) is 25.1 Å². The van der Waals surface area contributed by atoms with E-state index >= 15 is 0 Å². The number of thiocarbonyl (C=S) groups is 1. The third kappa shape index (κ3) is 3.65. The summed E-state index contributed by atoms with van der Waals surface area (Å²) in [5.41, 5.74) is 0.648. The van der Waals surface area contributed by atoms with E-state index in [1.165, 1.54) is 13.0 Å². The number of ether oxygens (including phenoxy) is 1. The van der Waals surface area contributed by atoms with Gasteiger partial charge in [-0.1, -0.05) is 30.0 Å². The number of rotatable bonds is 5. The van der Waals surface area contributed by atoms with Crippen LogP contribution in [0.15, 0.2) is 23.1 Å². The van der Waals surface area contributed by atoms with Crippen molar-refractivity contribution in [3.8, 4) is 11.5 Å². The number of aromatic hydroxyl groups is 1. The lowest BCUT2D eigenvalue weighted by Gasteiger charge is -2.18. The van der Waals surface area contributed by atoms with Gasteiger partial charge in [0.2, 0.25) is 0 Å². The van der Waals surface area contributed by atoms with Gasteiger partial charge < -0.3 is 14.9 Å². The number of nitrogens with zero attached hydrogens (tertiary/aromatic N) is 1. The van der Waals surface area contributed by atoms with Crippen LogP contribution >= 0.6 is 24.0 Å². The molecule has 2 N–H and O–H groups in total. The van der Waals surface area contributed by atoms with Crippen LogP contribution in [0.3, 0.4) is 0 Å². The van der Waals surface area contributed by atoms with Crippen molar-refractivity contribution in [2.75, 3.05) is 6.61 Å². The molecule has 1 heterocycles. The quantitative estimate of drug-likeness (QED) is 0.621. The van der Waals surface area contributed by atoms with Gasteiger partial charge in [0.1, 0.15) is 10.4 Å². The van der Waals surface area contributed by atoms with Crippen LogP contribution in [0.5, 0.6) is 11.5 Å². The molecule has 1 aliphatic heterocycles. The Bertz CT molecular complexity index is 701. The van der Waals surface area contributed by atoms with Crippen molar-refractivity contribution in [1.82, 2.24) is 4.90 Å². The Balaban J connectivity index is 2.31. The van der Waals surface area contributed by atoms with Gasteiger partial charge in [-0.3, -0.25) is 9.69 Å². The number of phenols is 1. The molecule has 1 aliphatic rings. The number of carbonyl (C=O) groups excluding carboxylic acids is 1. The minimum absolute atomic E-state index is 0.0102. The summed E-state index contributed by atoms with van der Waals surface area (Å²) in [7, 11) is 0. The summed E-state index contributed by atoms with van der Waals surface area (Å²) < 4.78 is 5.50. The molecule has 6 nitrogen and oxygen atoms in total. The van der Waals surface area contributed by atoms with E-state index in [0.29, 0.717) is 22.8 Å². The first-order valence-electron chi connectivity index (χ1n) is 6.80. The topological polar surface area (TPSA) is 87.1 Å². The average molecular weight is 353 g/mol. The molecule has 2 rings (SSSR count). The van der Waals surface area contributed by atoms with Crippen molar-refractivity contribution in [3.63, 3.8) is 0 Å². The molecule has 23 heavy (non-hydrogen) atoms. The van der Waals surface area contributed by atoms with E-state index in [1.807, 2.05) is 0 Å². The first kappa shape index (κ1) is 17.3. The maximum absolute atomic E-state index is 12.3. The highest BCUT2D eigenvalue weighted by molar-refractivity contribution is 8.26. The maximum atomic E-state index is 12.3. The highest BCUT2D eigenvalue weighted by Crippen LogP contribution is 2.35. The van der Waals surface area contributed by atoms with Gasteiger partial charge in [0.15, 0.2) is 11.5 Å². The lowest BCUT2D eigenvalue weighted by molar-refractivity contribution is -0.144. The van der Waals surface area contributed by atoms with Crippen LogP contribution in [0.1, 0.15) is 19.4 Å². The third-order valence-electron chi connectivity index (χ3n) is 3.15. The zero-order valence-electron chi connectivity index (χ0n) is 12.5. The van der Waals surface area contributed by atoms with Crippen molar-refractivity contribution in [2.45, 2.75) is 19.9 Å². The van der Waals surface area contributed by atoms with Gasteiger partial charge in [-0.15, -0.1) is 0 Å². The molecule has 0 bridgehead atoms. The van der Waals surface area contributed by atoms with E-state index < -0.39 is 17.9 Å². The van der Waals surface area contributed by atoms with Crippen LogP contribution in [0.4, 0.5) is 0 Å². The Morgan fingerprint density at radius 1 is 1.52 bits per heavy atom. The number of hydrogen-bond donors (Lipinski definition) is 2. The predicted molar refractivity (Wildman–Crippen MR) is 91.4 cm³/mol. The number of hydrogen-bond acceptors (Lipinski definition) is 6. The van der Waals surface area contributed by atoms with Crippen molar-refractivity contribution in [1.29, 1.82) is 0 Å². The molecule has 1 fully saturated rings. The summed E-state index contributed by atoms with van der Waals surface area (Å²) in [4.78, 5) is 24.8. The SMILES string of the molecule is CCOc1cc(C=C2SC(=S)N(C(C)C(=O)O)C2=O)ccc1O. The Kier molecular flexibility index (Phi) is 5.27. The third-order valence-corrected chi connectivity index (χ3v) is 4.48. The maximum Gasteiger partial charge on any atom is 0.326 e. The first-order valence-corrected chi connectivity index (χ1v) is 8.03. The van der Waals surface area contributed by atoms with E-state index in [0.717, 1.165) is 16.7 Å². The fourth-order valence-corrected chi connectivity index (χ4v) is 3.39. The molecule has 1 aromatic carbocycles. The number of benzene rings is 1. The van der Waals surface area contributed by atoms with Crippen LogP contribution in [0, 0.1) is 0 Å². The Labute approximate surface area is 142 Å². The van der Waals surface area contributed by atoms with Gasteiger partial charge in [-0.2, -0.15) is 0 Å². The number of carboxylic acid groups (broad SMARTS) is 1. The fraction of sp³-hybridized carbons (Fsp3) is 0.267. The van der Waals surface area contributed by atoms with E-state index in [4.69, 9.17) is 22.1 Å². The smallest absolute Gasteiger partial charge is 0.326 e. The second-order valence-corrected chi connectivity index (χ2v) is 6.40. The fourth-order valence-electron chi connectivity index (χ4n) is 1.97. The summed E-state index contributed by atoms with van der Waals surface area (Å²) in [6.07, 6.45) is 1.59. The molecule has 0 radical (unpaired) electrons. The predicted octanol–water partition coefficient (Wildman–Crippen LogP) is 2.47.